The lowest BCUT2D eigenvalue weighted by Crippen LogP contribution is -2.15. The summed E-state index contributed by atoms with van der Waals surface area (Å²) < 4.78 is 38.8. The summed E-state index contributed by atoms with van der Waals surface area (Å²) in [5, 5.41) is 7.38. The predicted molar refractivity (Wildman–Crippen MR) is 146 cm³/mol. The molecule has 198 valence electrons. The largest absolute Gasteiger partial charge is 0.497 e. The summed E-state index contributed by atoms with van der Waals surface area (Å²) in [5.74, 6) is 0.443. The van der Waals surface area contributed by atoms with Gasteiger partial charge in [-0.3, -0.25) is 4.79 Å². The SMILES string of the molecule is COc1cc(NC(=O)c2ccn(COc3ccc(C(C)(C)C)cc3)n2)cc(S(=O)(=O)c2ccc(Cl)cc2)c1. The third-order valence-electron chi connectivity index (χ3n) is 5.76. The maximum absolute atomic E-state index is 13.1. The third kappa shape index (κ3) is 6.35. The number of amides is 1. The Labute approximate surface area is 227 Å². The number of benzene rings is 3. The number of hydrogen-bond acceptors (Lipinski definition) is 6. The maximum Gasteiger partial charge on any atom is 0.276 e. The van der Waals surface area contributed by atoms with Gasteiger partial charge in [0, 0.05) is 23.0 Å². The fourth-order valence-corrected chi connectivity index (χ4v) is 5.05. The molecule has 0 aliphatic carbocycles. The number of aromatic nitrogens is 2. The van der Waals surface area contributed by atoms with E-state index in [4.69, 9.17) is 21.1 Å². The minimum atomic E-state index is -3.88. The number of sulfone groups is 1. The molecule has 0 saturated carbocycles. The fourth-order valence-electron chi connectivity index (χ4n) is 3.61. The summed E-state index contributed by atoms with van der Waals surface area (Å²) >= 11 is 5.89. The van der Waals surface area contributed by atoms with E-state index in [1.54, 1.807) is 12.3 Å². The molecule has 4 aromatic rings. The number of halogens is 1. The van der Waals surface area contributed by atoms with E-state index < -0.39 is 15.7 Å². The van der Waals surface area contributed by atoms with Gasteiger partial charge in [-0.05, 0) is 65.6 Å². The Kier molecular flexibility index (Phi) is 7.80. The standard InChI is InChI=1S/C28H28ClN3O5S/c1-28(2,3)19-5-9-22(10-6-19)37-18-32-14-13-26(31-32)27(33)30-21-15-23(36-4)17-25(16-21)38(34,35)24-11-7-20(29)8-12-24/h5-17H,18H2,1-4H3,(H,30,33). The average molecular weight is 554 g/mol. The van der Waals surface area contributed by atoms with Crippen molar-refractivity contribution in [3.05, 3.63) is 95.3 Å². The lowest BCUT2D eigenvalue weighted by Gasteiger charge is -2.19. The second-order valence-electron chi connectivity index (χ2n) is 9.60. The lowest BCUT2D eigenvalue weighted by molar-refractivity contribution is 0.102. The molecule has 10 heteroatoms. The van der Waals surface area contributed by atoms with Gasteiger partial charge in [0.2, 0.25) is 9.84 Å². The Morgan fingerprint density at radius 3 is 2.26 bits per heavy atom. The summed E-state index contributed by atoms with van der Waals surface area (Å²) in [6, 6.07) is 19.5. The van der Waals surface area contributed by atoms with Crippen molar-refractivity contribution in [3.63, 3.8) is 0 Å². The van der Waals surface area contributed by atoms with Crippen molar-refractivity contribution >= 4 is 33.0 Å². The highest BCUT2D eigenvalue weighted by Crippen LogP contribution is 2.29. The van der Waals surface area contributed by atoms with Crippen LogP contribution in [0, 0.1) is 0 Å². The molecule has 0 aliphatic heterocycles. The monoisotopic (exact) mass is 553 g/mol. The Hall–Kier alpha value is -3.82. The van der Waals surface area contributed by atoms with E-state index in [2.05, 4.69) is 31.2 Å². The Bertz CT molecular complexity index is 1540. The average Bonchev–Trinajstić information content (AvgIpc) is 3.36. The number of nitrogens with one attached hydrogen (secondary N) is 1. The van der Waals surface area contributed by atoms with Crippen LogP contribution >= 0.6 is 11.6 Å². The molecule has 1 amide bonds. The fraction of sp³-hybridized carbons (Fsp3) is 0.214. The van der Waals surface area contributed by atoms with Crippen molar-refractivity contribution < 1.29 is 22.7 Å². The summed E-state index contributed by atoms with van der Waals surface area (Å²) in [4.78, 5) is 12.9. The first-order chi connectivity index (χ1) is 18.0. The molecule has 4 rings (SSSR count). The Balaban J connectivity index is 1.46. The van der Waals surface area contributed by atoms with Crippen molar-refractivity contribution in [2.24, 2.45) is 0 Å². The second kappa shape index (κ2) is 10.9. The Morgan fingerprint density at radius 1 is 0.947 bits per heavy atom. The van der Waals surface area contributed by atoms with Gasteiger partial charge < -0.3 is 14.8 Å². The molecule has 0 spiro atoms. The number of anilines is 1. The van der Waals surface area contributed by atoms with Gasteiger partial charge in [-0.2, -0.15) is 5.10 Å². The highest BCUT2D eigenvalue weighted by Gasteiger charge is 2.21. The molecule has 0 unspecified atom stereocenters. The summed E-state index contributed by atoms with van der Waals surface area (Å²) in [5.41, 5.74) is 1.63. The zero-order valence-corrected chi connectivity index (χ0v) is 23.0. The highest BCUT2D eigenvalue weighted by atomic mass is 35.5. The molecule has 0 saturated heterocycles. The van der Waals surface area contributed by atoms with Crippen LogP contribution in [-0.2, 0) is 22.0 Å². The number of methoxy groups -OCH3 is 1. The van der Waals surface area contributed by atoms with Gasteiger partial charge >= 0.3 is 0 Å². The van der Waals surface area contributed by atoms with E-state index in [-0.39, 0.29) is 39.1 Å². The first kappa shape index (κ1) is 27.2. The van der Waals surface area contributed by atoms with Crippen LogP contribution in [-0.4, -0.2) is 31.2 Å². The zero-order valence-electron chi connectivity index (χ0n) is 21.4. The summed E-state index contributed by atoms with van der Waals surface area (Å²) in [6.45, 7) is 6.54. The molecule has 0 bridgehead atoms. The third-order valence-corrected chi connectivity index (χ3v) is 7.77. The highest BCUT2D eigenvalue weighted by molar-refractivity contribution is 7.91. The van der Waals surface area contributed by atoms with Crippen molar-refractivity contribution in [3.8, 4) is 11.5 Å². The van der Waals surface area contributed by atoms with Gasteiger partial charge in [-0.25, -0.2) is 13.1 Å². The smallest absolute Gasteiger partial charge is 0.276 e. The van der Waals surface area contributed by atoms with Crippen LogP contribution in [0.15, 0.2) is 88.8 Å². The van der Waals surface area contributed by atoms with Crippen LogP contribution in [0.2, 0.25) is 5.02 Å². The van der Waals surface area contributed by atoms with Gasteiger partial charge in [-0.1, -0.05) is 44.5 Å². The number of carbonyl (C=O) groups excluding carboxylic acids is 1. The number of nitrogens with zero attached hydrogens (tertiary/aromatic N) is 2. The van der Waals surface area contributed by atoms with E-state index in [1.807, 2.05) is 24.3 Å². The van der Waals surface area contributed by atoms with Gasteiger partial charge in [0.1, 0.15) is 11.5 Å². The van der Waals surface area contributed by atoms with Crippen LogP contribution in [0.25, 0.3) is 0 Å². The molecule has 3 aromatic carbocycles. The van der Waals surface area contributed by atoms with E-state index in [9.17, 15) is 13.2 Å². The van der Waals surface area contributed by atoms with Gasteiger partial charge in [0.15, 0.2) is 12.4 Å². The number of hydrogen-bond donors (Lipinski definition) is 1. The predicted octanol–water partition coefficient (Wildman–Crippen LogP) is 5.96. The normalized spacial score (nSPS) is 11.7. The molecule has 1 aromatic heterocycles. The zero-order chi connectivity index (χ0) is 27.5. The Morgan fingerprint density at radius 2 is 1.63 bits per heavy atom. The number of rotatable bonds is 8. The van der Waals surface area contributed by atoms with Crippen LogP contribution in [0.5, 0.6) is 11.5 Å². The lowest BCUT2D eigenvalue weighted by atomic mass is 9.87. The maximum atomic E-state index is 13.1. The van der Waals surface area contributed by atoms with Crippen molar-refractivity contribution in [1.82, 2.24) is 9.78 Å². The van der Waals surface area contributed by atoms with Crippen LogP contribution in [0.4, 0.5) is 5.69 Å². The minimum absolute atomic E-state index is 0.0362. The minimum Gasteiger partial charge on any atom is -0.497 e. The number of carbonyl (C=O) groups is 1. The second-order valence-corrected chi connectivity index (χ2v) is 12.0. The van der Waals surface area contributed by atoms with Crippen molar-refractivity contribution in [2.45, 2.75) is 42.7 Å². The molecule has 0 radical (unpaired) electrons. The summed E-state index contributed by atoms with van der Waals surface area (Å²) in [7, 11) is -2.46. The van der Waals surface area contributed by atoms with Gasteiger partial charge in [0.05, 0.1) is 16.9 Å². The molecular formula is C28H28ClN3O5S. The molecular weight excluding hydrogens is 526 g/mol. The van der Waals surface area contributed by atoms with E-state index >= 15 is 0 Å². The van der Waals surface area contributed by atoms with E-state index in [1.165, 1.54) is 59.8 Å². The van der Waals surface area contributed by atoms with Crippen molar-refractivity contribution in [2.75, 3.05) is 12.4 Å². The molecule has 0 fully saturated rings. The molecule has 38 heavy (non-hydrogen) atoms. The molecule has 1 N–H and O–H groups in total. The van der Waals surface area contributed by atoms with Crippen LogP contribution < -0.4 is 14.8 Å². The van der Waals surface area contributed by atoms with Crippen LogP contribution in [0.3, 0.4) is 0 Å². The first-order valence-electron chi connectivity index (χ1n) is 11.7. The topological polar surface area (TPSA) is 99.5 Å². The molecule has 0 atom stereocenters. The van der Waals surface area contributed by atoms with E-state index in [0.29, 0.717) is 10.8 Å². The van der Waals surface area contributed by atoms with Gasteiger partial charge in [0.25, 0.3) is 5.91 Å². The van der Waals surface area contributed by atoms with Crippen molar-refractivity contribution in [1.29, 1.82) is 0 Å². The van der Waals surface area contributed by atoms with Crippen LogP contribution in [0.1, 0.15) is 36.8 Å². The quantitative estimate of drug-likeness (QED) is 0.289. The van der Waals surface area contributed by atoms with E-state index in [0.717, 1.165) is 0 Å². The molecule has 0 aliphatic rings. The summed E-state index contributed by atoms with van der Waals surface area (Å²) in [6.07, 6.45) is 1.63. The van der Waals surface area contributed by atoms with Gasteiger partial charge in [-0.15, -0.1) is 0 Å². The number of ether oxygens (including phenoxy) is 2. The first-order valence-corrected chi connectivity index (χ1v) is 13.6. The molecule has 8 nitrogen and oxygen atoms in total. The molecule has 1 heterocycles.